The van der Waals surface area contributed by atoms with E-state index in [1.807, 2.05) is 19.9 Å². The number of hydrogen-bond donors (Lipinski definition) is 0. The largest absolute Gasteiger partial charge is 0.126 e. The molecule has 0 N–H and O–H groups in total. The van der Waals surface area contributed by atoms with Crippen molar-refractivity contribution < 1.29 is 0 Å². The molecule has 0 saturated carbocycles. The van der Waals surface area contributed by atoms with Crippen LogP contribution in [0, 0.1) is 0 Å². The maximum absolute atomic E-state index is 5.51. The monoisotopic (exact) mass is 200 g/mol. The van der Waals surface area contributed by atoms with Crippen LogP contribution in [0.1, 0.15) is 33.6 Å². The lowest BCUT2D eigenvalue weighted by Gasteiger charge is -1.90. The van der Waals surface area contributed by atoms with Gasteiger partial charge < -0.3 is 0 Å². The Kier molecular flexibility index (Phi) is 16.2. The van der Waals surface area contributed by atoms with Crippen molar-refractivity contribution in [1.29, 1.82) is 0 Å². The van der Waals surface area contributed by atoms with Crippen LogP contribution >= 0.6 is 11.6 Å². The van der Waals surface area contributed by atoms with Gasteiger partial charge in [-0.1, -0.05) is 51.7 Å². The first kappa shape index (κ1) is 15.0. The Labute approximate surface area is 88.0 Å². The van der Waals surface area contributed by atoms with Gasteiger partial charge in [-0.2, -0.15) is 0 Å². The van der Waals surface area contributed by atoms with Crippen LogP contribution in [0.5, 0.6) is 0 Å². The molecular formula is C12H21Cl. The SMILES string of the molecule is C=CC(/C=C\CCCl)=C/CC.CC. The quantitative estimate of drug-likeness (QED) is 0.445. The van der Waals surface area contributed by atoms with Crippen LogP contribution in [0.25, 0.3) is 0 Å². The molecule has 0 aliphatic rings. The molecule has 0 nitrogen and oxygen atoms in total. The van der Waals surface area contributed by atoms with E-state index in [1.165, 1.54) is 5.57 Å². The van der Waals surface area contributed by atoms with E-state index in [-0.39, 0.29) is 0 Å². The van der Waals surface area contributed by atoms with E-state index < -0.39 is 0 Å². The van der Waals surface area contributed by atoms with Crippen LogP contribution in [0.15, 0.2) is 36.5 Å². The molecule has 0 amide bonds. The van der Waals surface area contributed by atoms with Crippen LogP contribution in [-0.4, -0.2) is 5.88 Å². The number of rotatable bonds is 5. The molecule has 13 heavy (non-hydrogen) atoms. The molecule has 76 valence electrons. The molecule has 0 aliphatic carbocycles. The molecule has 0 aromatic rings. The van der Waals surface area contributed by atoms with Crippen LogP contribution < -0.4 is 0 Å². The predicted molar refractivity (Wildman–Crippen MR) is 64.4 cm³/mol. The summed E-state index contributed by atoms with van der Waals surface area (Å²) in [5.74, 6) is 0.688. The van der Waals surface area contributed by atoms with E-state index >= 15 is 0 Å². The number of alkyl halides is 1. The summed E-state index contributed by atoms with van der Waals surface area (Å²) in [6.07, 6.45) is 10.1. The van der Waals surface area contributed by atoms with Gasteiger partial charge in [-0.05, 0) is 18.4 Å². The summed E-state index contributed by atoms with van der Waals surface area (Å²) in [7, 11) is 0. The lowest BCUT2D eigenvalue weighted by atomic mass is 10.2. The smallest absolute Gasteiger partial charge is 0.0258 e. The molecule has 0 radical (unpaired) electrons. The third-order valence-electron chi connectivity index (χ3n) is 1.26. The van der Waals surface area contributed by atoms with E-state index in [1.54, 1.807) is 0 Å². The Morgan fingerprint density at radius 3 is 2.38 bits per heavy atom. The van der Waals surface area contributed by atoms with Crippen molar-refractivity contribution in [2.75, 3.05) is 5.88 Å². The summed E-state index contributed by atoms with van der Waals surface area (Å²) >= 11 is 5.51. The topological polar surface area (TPSA) is 0 Å². The minimum absolute atomic E-state index is 0.688. The number of halogens is 1. The highest BCUT2D eigenvalue weighted by atomic mass is 35.5. The van der Waals surface area contributed by atoms with Crippen LogP contribution in [0.4, 0.5) is 0 Å². The van der Waals surface area contributed by atoms with Crippen molar-refractivity contribution in [2.24, 2.45) is 0 Å². The molecule has 0 saturated heterocycles. The fourth-order valence-corrected chi connectivity index (χ4v) is 0.864. The minimum Gasteiger partial charge on any atom is -0.126 e. The number of allylic oxidation sites excluding steroid dienone is 5. The Morgan fingerprint density at radius 1 is 1.38 bits per heavy atom. The van der Waals surface area contributed by atoms with Gasteiger partial charge in [-0.15, -0.1) is 11.6 Å². The molecule has 0 unspecified atom stereocenters. The summed E-state index contributed by atoms with van der Waals surface area (Å²) in [5.41, 5.74) is 1.18. The van der Waals surface area contributed by atoms with Crippen molar-refractivity contribution in [1.82, 2.24) is 0 Å². The van der Waals surface area contributed by atoms with Gasteiger partial charge in [-0.25, -0.2) is 0 Å². The molecule has 1 heteroatoms. The molecule has 0 aromatic heterocycles. The first-order valence-electron chi connectivity index (χ1n) is 4.90. The third kappa shape index (κ3) is 11.5. The van der Waals surface area contributed by atoms with Gasteiger partial charge >= 0.3 is 0 Å². The van der Waals surface area contributed by atoms with Gasteiger partial charge in [0.25, 0.3) is 0 Å². The van der Waals surface area contributed by atoms with Gasteiger partial charge in [-0.3, -0.25) is 0 Å². The van der Waals surface area contributed by atoms with Crippen molar-refractivity contribution >= 4 is 11.6 Å². The standard InChI is InChI=1S/C10H15Cl.C2H6/c1-3-7-10(4-2)8-5-6-9-11;1-2/h4-5,7-8H,2-3,6,9H2,1H3;1-2H3/b8-5-,10-7-;. The molecule has 0 atom stereocenters. The zero-order valence-electron chi connectivity index (χ0n) is 9.02. The third-order valence-corrected chi connectivity index (χ3v) is 1.48. The minimum atomic E-state index is 0.688. The highest BCUT2D eigenvalue weighted by Gasteiger charge is 1.81. The summed E-state index contributed by atoms with van der Waals surface area (Å²) in [6, 6.07) is 0. The first-order chi connectivity index (χ1) is 6.35. The van der Waals surface area contributed by atoms with Crippen molar-refractivity contribution in [3.63, 3.8) is 0 Å². The maximum Gasteiger partial charge on any atom is 0.0258 e. The fraction of sp³-hybridized carbons (Fsp3) is 0.500. The summed E-state index contributed by atoms with van der Waals surface area (Å²) in [5, 5.41) is 0. The summed E-state index contributed by atoms with van der Waals surface area (Å²) < 4.78 is 0. The van der Waals surface area contributed by atoms with E-state index in [2.05, 4.69) is 31.7 Å². The Bertz CT molecular complexity index is 155. The zero-order valence-corrected chi connectivity index (χ0v) is 9.77. The Balaban J connectivity index is 0. The van der Waals surface area contributed by atoms with Gasteiger partial charge in [0, 0.05) is 5.88 Å². The van der Waals surface area contributed by atoms with Gasteiger partial charge in [0.15, 0.2) is 0 Å². The van der Waals surface area contributed by atoms with Crippen molar-refractivity contribution in [3.05, 3.63) is 36.5 Å². The van der Waals surface area contributed by atoms with E-state index in [4.69, 9.17) is 11.6 Å². The fourth-order valence-electron chi connectivity index (χ4n) is 0.738. The Morgan fingerprint density at radius 2 is 2.00 bits per heavy atom. The Hall–Kier alpha value is -0.490. The molecule has 0 heterocycles. The molecular weight excluding hydrogens is 180 g/mol. The molecule has 0 rings (SSSR count). The van der Waals surface area contributed by atoms with Gasteiger partial charge in [0.1, 0.15) is 0 Å². The normalized spacial score (nSPS) is 10.9. The second kappa shape index (κ2) is 14.1. The maximum atomic E-state index is 5.51. The first-order valence-corrected chi connectivity index (χ1v) is 5.43. The van der Waals surface area contributed by atoms with Gasteiger partial charge in [0.05, 0.1) is 0 Å². The molecule has 0 bridgehead atoms. The highest BCUT2D eigenvalue weighted by molar-refractivity contribution is 6.17. The lowest BCUT2D eigenvalue weighted by Crippen LogP contribution is -1.71. The average molecular weight is 201 g/mol. The van der Waals surface area contributed by atoms with E-state index in [9.17, 15) is 0 Å². The van der Waals surface area contributed by atoms with Crippen molar-refractivity contribution in [2.45, 2.75) is 33.6 Å². The molecule has 0 aliphatic heterocycles. The van der Waals surface area contributed by atoms with Crippen LogP contribution in [0.2, 0.25) is 0 Å². The highest BCUT2D eigenvalue weighted by Crippen LogP contribution is 2.01. The summed E-state index contributed by atoms with van der Waals surface area (Å²) in [4.78, 5) is 0. The molecule has 0 fully saturated rings. The molecule has 0 aromatic carbocycles. The zero-order chi connectivity index (χ0) is 10.5. The lowest BCUT2D eigenvalue weighted by molar-refractivity contribution is 1.20. The average Bonchev–Trinajstić information content (AvgIpc) is 2.20. The van der Waals surface area contributed by atoms with Crippen LogP contribution in [0.3, 0.4) is 0 Å². The second-order valence-corrected chi connectivity index (χ2v) is 2.57. The number of hydrogen-bond acceptors (Lipinski definition) is 0. The molecule has 0 spiro atoms. The second-order valence-electron chi connectivity index (χ2n) is 2.20. The van der Waals surface area contributed by atoms with E-state index in [0.29, 0.717) is 5.88 Å². The summed E-state index contributed by atoms with van der Waals surface area (Å²) in [6.45, 7) is 9.82. The predicted octanol–water partition coefficient (Wildman–Crippen LogP) is 4.72. The van der Waals surface area contributed by atoms with E-state index in [0.717, 1.165) is 12.8 Å². The van der Waals surface area contributed by atoms with Crippen LogP contribution in [-0.2, 0) is 0 Å². The van der Waals surface area contributed by atoms with Gasteiger partial charge in [0.2, 0.25) is 0 Å². The van der Waals surface area contributed by atoms with Crippen molar-refractivity contribution in [3.8, 4) is 0 Å².